The van der Waals surface area contributed by atoms with E-state index in [0.717, 1.165) is 12.8 Å². The molecule has 0 bridgehead atoms. The van der Waals surface area contributed by atoms with E-state index in [1.165, 1.54) is 18.5 Å². The van der Waals surface area contributed by atoms with Gasteiger partial charge in [0.15, 0.2) is 11.6 Å². The van der Waals surface area contributed by atoms with Crippen molar-refractivity contribution in [1.29, 1.82) is 0 Å². The van der Waals surface area contributed by atoms with Crippen LogP contribution in [0.4, 0.5) is 31.8 Å². The van der Waals surface area contributed by atoms with Crippen LogP contribution in [0.15, 0.2) is 24.5 Å². The van der Waals surface area contributed by atoms with Crippen LogP contribution in [0.3, 0.4) is 0 Å². The van der Waals surface area contributed by atoms with Crippen LogP contribution >= 0.6 is 0 Å². The van der Waals surface area contributed by atoms with Gasteiger partial charge in [0.05, 0.1) is 23.5 Å². The number of rotatable bonds is 7. The zero-order valence-electron chi connectivity index (χ0n) is 21.0. The first-order valence-electron chi connectivity index (χ1n) is 12.1. The molecule has 1 aliphatic carbocycles. The Balaban J connectivity index is 1.56. The zero-order chi connectivity index (χ0) is 26.5. The third-order valence-corrected chi connectivity index (χ3v) is 5.71. The van der Waals surface area contributed by atoms with Crippen LogP contribution in [0.5, 0.6) is 0 Å². The summed E-state index contributed by atoms with van der Waals surface area (Å²) >= 11 is 0. The van der Waals surface area contributed by atoms with Crippen LogP contribution in [0.25, 0.3) is 11.3 Å². The number of alkyl halides is 2. The van der Waals surface area contributed by atoms with Crippen molar-refractivity contribution in [2.45, 2.75) is 39.2 Å². The van der Waals surface area contributed by atoms with Crippen LogP contribution in [-0.2, 0) is 11.3 Å². The number of hydrogen-bond acceptors (Lipinski definition) is 8. The molecule has 176 valence electrons. The number of aromatic nitrogens is 5. The van der Waals surface area contributed by atoms with Gasteiger partial charge in [0.1, 0.15) is 17.2 Å². The SMILES string of the molecule is [2H]C([2H])([2H])CC(=O)c1cnc(NC(=O)C2CC2)cc1Nc1nccc2c1N(C)Cc1nnn(C(F)F)c1-2. The Hall–Kier alpha value is -3.96. The molecule has 10 nitrogen and oxygen atoms in total. The first-order valence-corrected chi connectivity index (χ1v) is 10.6. The lowest BCUT2D eigenvalue weighted by Gasteiger charge is -2.29. The Morgan fingerprint density at radius 3 is 2.88 bits per heavy atom. The molecule has 34 heavy (non-hydrogen) atoms. The highest BCUT2D eigenvalue weighted by Gasteiger charge is 2.32. The molecule has 1 saturated carbocycles. The van der Waals surface area contributed by atoms with Gasteiger partial charge >= 0.3 is 6.55 Å². The first kappa shape index (κ1) is 18.5. The van der Waals surface area contributed by atoms with E-state index in [4.69, 9.17) is 4.11 Å². The highest BCUT2D eigenvalue weighted by Crippen LogP contribution is 2.43. The Kier molecular flexibility index (Phi) is 4.58. The minimum Gasteiger partial charge on any atom is -0.365 e. The van der Waals surface area contributed by atoms with Crippen molar-refractivity contribution in [1.82, 2.24) is 25.0 Å². The number of ketones is 1. The number of hydrogen-bond donors (Lipinski definition) is 2. The summed E-state index contributed by atoms with van der Waals surface area (Å²) in [6, 6.07) is 2.99. The van der Waals surface area contributed by atoms with E-state index in [2.05, 4.69) is 30.9 Å². The molecule has 1 fully saturated rings. The summed E-state index contributed by atoms with van der Waals surface area (Å²) in [5.41, 5.74) is 1.52. The number of nitrogens with one attached hydrogen (secondary N) is 2. The predicted octanol–water partition coefficient (Wildman–Crippen LogP) is 3.76. The molecule has 0 atom stereocenters. The van der Waals surface area contributed by atoms with Crippen molar-refractivity contribution in [3.05, 3.63) is 35.8 Å². The molecule has 12 heteroatoms. The van der Waals surface area contributed by atoms with Gasteiger partial charge in [0, 0.05) is 47.5 Å². The maximum Gasteiger partial charge on any atom is 0.335 e. The Labute approximate surface area is 197 Å². The summed E-state index contributed by atoms with van der Waals surface area (Å²) in [5.74, 6) is -0.578. The van der Waals surface area contributed by atoms with Crippen molar-refractivity contribution < 1.29 is 22.5 Å². The Morgan fingerprint density at radius 1 is 1.32 bits per heavy atom. The number of nitrogens with zero attached hydrogens (tertiary/aromatic N) is 6. The molecule has 0 radical (unpaired) electrons. The maximum absolute atomic E-state index is 13.6. The Bertz CT molecular complexity index is 1390. The summed E-state index contributed by atoms with van der Waals surface area (Å²) in [4.78, 5) is 35.3. The third kappa shape index (κ3) is 3.84. The monoisotopic (exact) mass is 471 g/mol. The Morgan fingerprint density at radius 2 is 2.15 bits per heavy atom. The van der Waals surface area contributed by atoms with Gasteiger partial charge in [-0.3, -0.25) is 9.59 Å². The number of amides is 1. The standard InChI is InChI=1S/C22H22F2N8O2/c1-3-16(33)13-9-26-17(28-21(34)11-4-5-11)8-14(13)27-20-19-12(6-7-25-20)18-15(10-31(19)2)29-30-32(18)22(23)24/h6-9,11,22H,3-5,10H2,1-2H3,(H2,25,26,27,28,34)/i1D3. The molecule has 3 aromatic rings. The molecule has 0 saturated heterocycles. The number of fused-ring (bicyclic) bond motifs is 3. The number of carbonyl (C=O) groups is 2. The summed E-state index contributed by atoms with van der Waals surface area (Å²) < 4.78 is 50.2. The van der Waals surface area contributed by atoms with Crippen molar-refractivity contribution in [2.24, 2.45) is 5.92 Å². The zero-order valence-corrected chi connectivity index (χ0v) is 18.0. The highest BCUT2D eigenvalue weighted by atomic mass is 19.3. The molecule has 4 heterocycles. The number of Topliss-reactive ketones (excluding diaryl/α,β-unsaturated/α-hetero) is 1. The van der Waals surface area contributed by atoms with Crippen LogP contribution in [0.2, 0.25) is 0 Å². The van der Waals surface area contributed by atoms with E-state index in [9.17, 15) is 18.4 Å². The summed E-state index contributed by atoms with van der Waals surface area (Å²) in [6.45, 7) is -5.23. The predicted molar refractivity (Wildman–Crippen MR) is 120 cm³/mol. The van der Waals surface area contributed by atoms with Gasteiger partial charge in [-0.25, -0.2) is 9.97 Å². The summed E-state index contributed by atoms with van der Waals surface area (Å²) in [7, 11) is 1.73. The van der Waals surface area contributed by atoms with Gasteiger partial charge in [-0.15, -0.1) is 5.10 Å². The lowest BCUT2D eigenvalue weighted by atomic mass is 10.0. The van der Waals surface area contributed by atoms with Crippen molar-refractivity contribution in [3.63, 3.8) is 0 Å². The smallest absolute Gasteiger partial charge is 0.335 e. The molecule has 0 unspecified atom stereocenters. The molecular weight excluding hydrogens is 446 g/mol. The number of pyridine rings is 2. The molecule has 5 rings (SSSR count). The van der Waals surface area contributed by atoms with Gasteiger partial charge in [0.2, 0.25) is 5.91 Å². The maximum atomic E-state index is 13.6. The molecular formula is C22H22F2N8O2. The molecule has 2 aliphatic rings. The third-order valence-electron chi connectivity index (χ3n) is 5.71. The van der Waals surface area contributed by atoms with Crippen LogP contribution < -0.4 is 15.5 Å². The second-order valence-corrected chi connectivity index (χ2v) is 8.12. The van der Waals surface area contributed by atoms with Crippen molar-refractivity contribution in [2.75, 3.05) is 22.6 Å². The largest absolute Gasteiger partial charge is 0.365 e. The van der Waals surface area contributed by atoms with Crippen molar-refractivity contribution in [3.8, 4) is 11.3 Å². The van der Waals surface area contributed by atoms with Gasteiger partial charge in [0.25, 0.3) is 0 Å². The first-order chi connectivity index (χ1) is 17.5. The quantitative estimate of drug-likeness (QED) is 0.500. The fourth-order valence-electron chi connectivity index (χ4n) is 3.92. The minimum atomic E-state index is -2.90. The van der Waals surface area contributed by atoms with Crippen LogP contribution in [-0.4, -0.2) is 43.7 Å². The minimum absolute atomic E-state index is 0.0154. The van der Waals surface area contributed by atoms with Crippen LogP contribution in [0.1, 0.15) is 52.8 Å². The van der Waals surface area contributed by atoms with E-state index < -0.39 is 25.6 Å². The summed E-state index contributed by atoms with van der Waals surface area (Å²) in [6.07, 6.45) is 3.45. The van der Waals surface area contributed by atoms with Gasteiger partial charge < -0.3 is 15.5 Å². The average molecular weight is 471 g/mol. The van der Waals surface area contributed by atoms with Gasteiger partial charge in [-0.1, -0.05) is 12.1 Å². The molecule has 0 spiro atoms. The number of halogens is 2. The lowest BCUT2D eigenvalue weighted by molar-refractivity contribution is -0.117. The second-order valence-electron chi connectivity index (χ2n) is 8.12. The highest BCUT2D eigenvalue weighted by molar-refractivity contribution is 6.03. The van der Waals surface area contributed by atoms with Gasteiger partial charge in [-0.05, 0) is 18.9 Å². The van der Waals surface area contributed by atoms with E-state index in [-0.39, 0.29) is 47.0 Å². The average Bonchev–Trinajstić information content (AvgIpc) is 3.57. The second kappa shape index (κ2) is 8.43. The van der Waals surface area contributed by atoms with E-state index in [1.54, 1.807) is 18.0 Å². The number of carbonyl (C=O) groups excluding carboxylic acids is 2. The van der Waals surface area contributed by atoms with Crippen LogP contribution in [0, 0.1) is 5.92 Å². The van der Waals surface area contributed by atoms with E-state index >= 15 is 0 Å². The van der Waals surface area contributed by atoms with E-state index in [1.807, 2.05) is 0 Å². The van der Waals surface area contributed by atoms with Crippen molar-refractivity contribution >= 4 is 34.7 Å². The molecule has 0 aromatic carbocycles. The summed E-state index contributed by atoms with van der Waals surface area (Å²) in [5, 5.41) is 13.2. The lowest BCUT2D eigenvalue weighted by Crippen LogP contribution is -2.24. The normalized spacial score (nSPS) is 16.2. The molecule has 3 aromatic heterocycles. The molecule has 1 aliphatic heterocycles. The molecule has 1 amide bonds. The molecule has 2 N–H and O–H groups in total. The fraction of sp³-hybridized carbons (Fsp3) is 0.364. The number of anilines is 4. The topological polar surface area (TPSA) is 118 Å². The fourth-order valence-corrected chi connectivity index (χ4v) is 3.92. The van der Waals surface area contributed by atoms with E-state index in [0.29, 0.717) is 21.6 Å². The van der Waals surface area contributed by atoms with Gasteiger partial charge in [-0.2, -0.15) is 13.5 Å².